The predicted molar refractivity (Wildman–Crippen MR) is 65.7 cm³/mol. The number of Topliss-reactive ketones (excluding diaryl/α,β-unsaturated/α-hetero) is 1. The van der Waals surface area contributed by atoms with Gasteiger partial charge in [-0.05, 0) is 18.9 Å². The lowest BCUT2D eigenvalue weighted by molar-refractivity contribution is -0.149. The van der Waals surface area contributed by atoms with Crippen molar-refractivity contribution in [2.75, 3.05) is 7.11 Å². The maximum absolute atomic E-state index is 11.7. The number of rotatable bonds is 5. The Hall–Kier alpha value is -1.64. The minimum absolute atomic E-state index is 0.110. The first-order valence-corrected chi connectivity index (χ1v) is 5.75. The van der Waals surface area contributed by atoms with Gasteiger partial charge in [-0.1, -0.05) is 37.3 Å². The maximum atomic E-state index is 11.7. The van der Waals surface area contributed by atoms with Crippen LogP contribution in [0.2, 0.25) is 0 Å². The van der Waals surface area contributed by atoms with Crippen LogP contribution < -0.4 is 0 Å². The molecule has 0 unspecified atom stereocenters. The van der Waals surface area contributed by atoms with Crippen LogP contribution in [0.25, 0.3) is 0 Å². The molecule has 0 saturated carbocycles. The Kier molecular flexibility index (Phi) is 4.88. The Morgan fingerprint density at radius 1 is 1.24 bits per heavy atom. The molecule has 0 fully saturated rings. The molecule has 0 aliphatic heterocycles. The molecule has 0 saturated heterocycles. The summed E-state index contributed by atoms with van der Waals surface area (Å²) < 4.78 is 4.72. The van der Waals surface area contributed by atoms with Crippen molar-refractivity contribution in [3.63, 3.8) is 0 Å². The lowest BCUT2D eigenvalue weighted by atomic mass is 9.82. The molecule has 0 aromatic heterocycles. The van der Waals surface area contributed by atoms with Gasteiger partial charge in [0.25, 0.3) is 0 Å². The highest BCUT2D eigenvalue weighted by molar-refractivity contribution is 5.98. The largest absolute Gasteiger partial charge is 0.468 e. The third kappa shape index (κ3) is 3.16. The van der Waals surface area contributed by atoms with E-state index >= 15 is 0 Å². The van der Waals surface area contributed by atoms with Crippen LogP contribution in [0.4, 0.5) is 0 Å². The van der Waals surface area contributed by atoms with Crippen molar-refractivity contribution in [3.8, 4) is 0 Å². The number of carbonyl (C=O) groups is 2. The Balaban J connectivity index is 3.06. The number of ether oxygens (including phenoxy) is 1. The van der Waals surface area contributed by atoms with Gasteiger partial charge in [0.1, 0.15) is 11.7 Å². The van der Waals surface area contributed by atoms with E-state index in [0.717, 1.165) is 12.0 Å². The van der Waals surface area contributed by atoms with Crippen molar-refractivity contribution in [1.82, 2.24) is 0 Å². The Morgan fingerprint density at radius 2 is 1.82 bits per heavy atom. The number of carbonyl (C=O) groups excluding carboxylic acids is 2. The molecule has 0 spiro atoms. The quantitative estimate of drug-likeness (QED) is 0.581. The highest BCUT2D eigenvalue weighted by Crippen LogP contribution is 2.29. The predicted octanol–water partition coefficient (Wildman–Crippen LogP) is 2.56. The first kappa shape index (κ1) is 13.4. The number of hydrogen-bond donors (Lipinski definition) is 0. The Labute approximate surface area is 102 Å². The summed E-state index contributed by atoms with van der Waals surface area (Å²) in [6.45, 7) is 3.41. The van der Waals surface area contributed by atoms with E-state index in [1.54, 1.807) is 0 Å². The lowest BCUT2D eigenvalue weighted by Gasteiger charge is -2.22. The molecule has 0 heterocycles. The zero-order chi connectivity index (χ0) is 12.8. The van der Waals surface area contributed by atoms with Crippen molar-refractivity contribution in [1.29, 1.82) is 0 Å². The number of methoxy groups -OCH3 is 1. The summed E-state index contributed by atoms with van der Waals surface area (Å²) in [4.78, 5) is 23.3. The van der Waals surface area contributed by atoms with Crippen LogP contribution in [0.3, 0.4) is 0 Å². The van der Waals surface area contributed by atoms with Crippen molar-refractivity contribution >= 4 is 11.8 Å². The van der Waals surface area contributed by atoms with Gasteiger partial charge in [0.05, 0.1) is 7.11 Å². The van der Waals surface area contributed by atoms with E-state index in [0.29, 0.717) is 0 Å². The van der Waals surface area contributed by atoms with E-state index in [4.69, 9.17) is 4.74 Å². The minimum atomic E-state index is -0.701. The molecule has 3 heteroatoms. The molecular weight excluding hydrogens is 216 g/mol. The summed E-state index contributed by atoms with van der Waals surface area (Å²) in [5, 5.41) is 0. The van der Waals surface area contributed by atoms with E-state index in [-0.39, 0.29) is 11.7 Å². The molecule has 2 atom stereocenters. The van der Waals surface area contributed by atoms with Gasteiger partial charge in [0, 0.05) is 5.92 Å². The highest BCUT2D eigenvalue weighted by atomic mass is 16.5. The third-order valence-corrected chi connectivity index (χ3v) is 2.96. The zero-order valence-corrected chi connectivity index (χ0v) is 10.5. The molecular formula is C14H18O3. The first-order chi connectivity index (χ1) is 8.11. The van der Waals surface area contributed by atoms with Crippen LogP contribution >= 0.6 is 0 Å². The molecule has 17 heavy (non-hydrogen) atoms. The summed E-state index contributed by atoms with van der Waals surface area (Å²) in [7, 11) is 1.32. The first-order valence-electron chi connectivity index (χ1n) is 5.75. The summed E-state index contributed by atoms with van der Waals surface area (Å²) >= 11 is 0. The van der Waals surface area contributed by atoms with Crippen LogP contribution in [0.15, 0.2) is 30.3 Å². The second-order valence-electron chi connectivity index (χ2n) is 4.04. The standard InChI is InChI=1S/C14H18O3/c1-4-12(11-8-6-5-7-9-11)13(10(2)15)14(16)17-3/h5-9,12-13H,4H2,1-3H3/t12-,13-/m1/s1. The van der Waals surface area contributed by atoms with Gasteiger partial charge in [-0.2, -0.15) is 0 Å². The van der Waals surface area contributed by atoms with Gasteiger partial charge in [0.15, 0.2) is 0 Å². The van der Waals surface area contributed by atoms with Crippen molar-refractivity contribution in [3.05, 3.63) is 35.9 Å². The Morgan fingerprint density at radius 3 is 2.24 bits per heavy atom. The zero-order valence-electron chi connectivity index (χ0n) is 10.5. The fourth-order valence-electron chi connectivity index (χ4n) is 2.10. The van der Waals surface area contributed by atoms with E-state index in [2.05, 4.69) is 0 Å². The van der Waals surface area contributed by atoms with E-state index in [9.17, 15) is 9.59 Å². The summed E-state index contributed by atoms with van der Waals surface area (Å²) in [5.41, 5.74) is 1.00. The van der Waals surface area contributed by atoms with Crippen molar-refractivity contribution in [2.24, 2.45) is 5.92 Å². The van der Waals surface area contributed by atoms with Crippen LogP contribution in [0.5, 0.6) is 0 Å². The molecule has 0 bridgehead atoms. The van der Waals surface area contributed by atoms with Crippen LogP contribution in [0.1, 0.15) is 31.7 Å². The SMILES string of the molecule is CC[C@H](c1ccccc1)[C@@H](C(C)=O)C(=O)OC. The number of hydrogen-bond acceptors (Lipinski definition) is 3. The number of benzene rings is 1. The third-order valence-electron chi connectivity index (χ3n) is 2.96. The van der Waals surface area contributed by atoms with Crippen molar-refractivity contribution in [2.45, 2.75) is 26.2 Å². The second kappa shape index (κ2) is 6.18. The fraction of sp³-hybridized carbons (Fsp3) is 0.429. The topological polar surface area (TPSA) is 43.4 Å². The van der Waals surface area contributed by atoms with E-state index in [1.807, 2.05) is 37.3 Å². The van der Waals surface area contributed by atoms with Crippen LogP contribution in [-0.2, 0) is 14.3 Å². The van der Waals surface area contributed by atoms with Crippen LogP contribution in [-0.4, -0.2) is 18.9 Å². The molecule has 0 aliphatic carbocycles. The maximum Gasteiger partial charge on any atom is 0.316 e. The average molecular weight is 234 g/mol. The fourth-order valence-corrected chi connectivity index (χ4v) is 2.10. The van der Waals surface area contributed by atoms with Crippen LogP contribution in [0, 0.1) is 5.92 Å². The summed E-state index contributed by atoms with van der Waals surface area (Å²) in [6, 6.07) is 9.61. The van der Waals surface area contributed by atoms with E-state index < -0.39 is 11.9 Å². The lowest BCUT2D eigenvalue weighted by Crippen LogP contribution is -2.29. The van der Waals surface area contributed by atoms with Gasteiger partial charge >= 0.3 is 5.97 Å². The number of esters is 1. The Bertz CT molecular complexity index is 384. The molecule has 0 radical (unpaired) electrons. The molecule has 0 amide bonds. The molecule has 1 aromatic rings. The molecule has 1 aromatic carbocycles. The van der Waals surface area contributed by atoms with Gasteiger partial charge < -0.3 is 4.74 Å². The molecule has 1 rings (SSSR count). The van der Waals surface area contributed by atoms with E-state index in [1.165, 1.54) is 14.0 Å². The monoisotopic (exact) mass is 234 g/mol. The van der Waals surface area contributed by atoms with Crippen molar-refractivity contribution < 1.29 is 14.3 Å². The molecule has 3 nitrogen and oxygen atoms in total. The summed E-state index contributed by atoms with van der Waals surface area (Å²) in [6.07, 6.45) is 0.726. The molecule has 92 valence electrons. The van der Waals surface area contributed by atoms with Gasteiger partial charge in [-0.25, -0.2) is 0 Å². The molecule has 0 N–H and O–H groups in total. The minimum Gasteiger partial charge on any atom is -0.468 e. The van der Waals surface area contributed by atoms with Gasteiger partial charge in [-0.15, -0.1) is 0 Å². The highest BCUT2D eigenvalue weighted by Gasteiger charge is 2.32. The average Bonchev–Trinajstić information content (AvgIpc) is 2.35. The molecule has 0 aliphatic rings. The van der Waals surface area contributed by atoms with Gasteiger partial charge in [-0.3, -0.25) is 9.59 Å². The second-order valence-corrected chi connectivity index (χ2v) is 4.04. The number of ketones is 1. The van der Waals surface area contributed by atoms with Gasteiger partial charge in [0.2, 0.25) is 0 Å². The normalized spacial score (nSPS) is 13.8. The summed E-state index contributed by atoms with van der Waals surface area (Å²) in [5.74, 6) is -1.41. The smallest absolute Gasteiger partial charge is 0.316 e.